The van der Waals surface area contributed by atoms with Crippen LogP contribution in [-0.4, -0.2) is 34.3 Å². The molecule has 1 heterocycles. The maximum atomic E-state index is 12.2. The van der Waals surface area contributed by atoms with Crippen molar-refractivity contribution >= 4 is 17.7 Å². The standard InChI is InChI=1S/C13H15F2NO2S/c14-13(15)19-10-5-3-9(4-6-10)8-16-7-1-2-11(16)12(17)18/h3-6,11,13H,1-2,7-8H2,(H,17,18). The van der Waals surface area contributed by atoms with Crippen molar-refractivity contribution < 1.29 is 18.7 Å². The number of halogens is 2. The van der Waals surface area contributed by atoms with E-state index in [1.165, 1.54) is 0 Å². The third-order valence-electron chi connectivity index (χ3n) is 3.18. The SMILES string of the molecule is O=C(O)C1CCCN1Cc1ccc(SC(F)F)cc1. The summed E-state index contributed by atoms with van der Waals surface area (Å²) in [6.45, 7) is 1.32. The molecular weight excluding hydrogens is 272 g/mol. The molecule has 104 valence electrons. The summed E-state index contributed by atoms with van der Waals surface area (Å²) in [6.07, 6.45) is 1.56. The van der Waals surface area contributed by atoms with Gasteiger partial charge in [-0.1, -0.05) is 23.9 Å². The van der Waals surface area contributed by atoms with Crippen LogP contribution in [0.15, 0.2) is 29.2 Å². The molecular formula is C13H15F2NO2S. The maximum Gasteiger partial charge on any atom is 0.320 e. The zero-order valence-electron chi connectivity index (χ0n) is 10.3. The van der Waals surface area contributed by atoms with Crippen molar-refractivity contribution in [3.8, 4) is 0 Å². The molecule has 1 aromatic carbocycles. The molecule has 0 aromatic heterocycles. The van der Waals surface area contributed by atoms with Gasteiger partial charge in [-0.05, 0) is 37.1 Å². The highest BCUT2D eigenvalue weighted by Gasteiger charge is 2.30. The Morgan fingerprint density at radius 3 is 2.68 bits per heavy atom. The van der Waals surface area contributed by atoms with E-state index in [1.54, 1.807) is 24.3 Å². The molecule has 2 rings (SSSR count). The number of alkyl halides is 2. The summed E-state index contributed by atoms with van der Waals surface area (Å²) >= 11 is 0.514. The molecule has 1 atom stereocenters. The Kier molecular flexibility index (Phi) is 4.76. The fourth-order valence-electron chi connectivity index (χ4n) is 2.31. The van der Waals surface area contributed by atoms with Crippen molar-refractivity contribution in [1.82, 2.24) is 4.90 Å². The van der Waals surface area contributed by atoms with E-state index in [0.29, 0.717) is 29.6 Å². The third kappa shape index (κ3) is 3.91. The lowest BCUT2D eigenvalue weighted by atomic mass is 10.2. The fourth-order valence-corrected chi connectivity index (χ4v) is 2.80. The van der Waals surface area contributed by atoms with Crippen molar-refractivity contribution in [2.24, 2.45) is 0 Å². The second-order valence-electron chi connectivity index (χ2n) is 4.49. The highest BCUT2D eigenvalue weighted by Crippen LogP contribution is 2.26. The minimum atomic E-state index is -2.42. The number of rotatable bonds is 5. The average Bonchev–Trinajstić information content (AvgIpc) is 2.79. The highest BCUT2D eigenvalue weighted by atomic mass is 32.2. The predicted molar refractivity (Wildman–Crippen MR) is 69.4 cm³/mol. The van der Waals surface area contributed by atoms with Crippen LogP contribution in [0.2, 0.25) is 0 Å². The molecule has 1 saturated heterocycles. The van der Waals surface area contributed by atoms with Gasteiger partial charge in [-0.3, -0.25) is 9.69 Å². The van der Waals surface area contributed by atoms with Crippen LogP contribution in [0.4, 0.5) is 8.78 Å². The van der Waals surface area contributed by atoms with Gasteiger partial charge < -0.3 is 5.11 Å². The summed E-state index contributed by atoms with van der Waals surface area (Å²) in [4.78, 5) is 13.5. The number of carboxylic acid groups (broad SMARTS) is 1. The first kappa shape index (κ1) is 14.3. The van der Waals surface area contributed by atoms with Gasteiger partial charge in [0.1, 0.15) is 6.04 Å². The van der Waals surface area contributed by atoms with Crippen molar-refractivity contribution in [2.45, 2.75) is 36.1 Å². The molecule has 3 nitrogen and oxygen atoms in total. The van der Waals surface area contributed by atoms with Gasteiger partial charge in [0.15, 0.2) is 0 Å². The number of benzene rings is 1. The minimum absolute atomic E-state index is 0.421. The number of thioether (sulfide) groups is 1. The van der Waals surface area contributed by atoms with E-state index in [4.69, 9.17) is 5.11 Å². The Hall–Kier alpha value is -1.14. The summed E-state index contributed by atoms with van der Waals surface area (Å²) in [6, 6.07) is 6.44. The molecule has 0 aliphatic carbocycles. The van der Waals surface area contributed by atoms with E-state index < -0.39 is 17.8 Å². The Morgan fingerprint density at radius 1 is 1.42 bits per heavy atom. The van der Waals surface area contributed by atoms with Crippen LogP contribution >= 0.6 is 11.8 Å². The van der Waals surface area contributed by atoms with Crippen LogP contribution < -0.4 is 0 Å². The molecule has 1 aliphatic rings. The molecule has 0 saturated carbocycles. The second-order valence-corrected chi connectivity index (χ2v) is 5.55. The van der Waals surface area contributed by atoms with E-state index in [1.807, 2.05) is 4.90 Å². The Labute approximate surface area is 114 Å². The van der Waals surface area contributed by atoms with Crippen LogP contribution in [0.1, 0.15) is 18.4 Å². The molecule has 0 radical (unpaired) electrons. The zero-order chi connectivity index (χ0) is 13.8. The summed E-state index contributed by atoms with van der Waals surface area (Å²) in [5.74, 6) is -3.21. The first-order chi connectivity index (χ1) is 9.06. The summed E-state index contributed by atoms with van der Waals surface area (Å²) in [5, 5.41) is 9.08. The number of aliphatic carboxylic acids is 1. The number of hydrogen-bond donors (Lipinski definition) is 1. The first-order valence-corrected chi connectivity index (χ1v) is 6.95. The molecule has 1 fully saturated rings. The normalized spacial score (nSPS) is 20.1. The number of hydrogen-bond acceptors (Lipinski definition) is 3. The van der Waals surface area contributed by atoms with E-state index in [9.17, 15) is 13.6 Å². The van der Waals surface area contributed by atoms with Crippen molar-refractivity contribution in [2.75, 3.05) is 6.54 Å². The Bertz CT molecular complexity index is 439. The summed E-state index contributed by atoms with van der Waals surface area (Å²) < 4.78 is 24.4. The number of nitrogens with zero attached hydrogens (tertiary/aromatic N) is 1. The fraction of sp³-hybridized carbons (Fsp3) is 0.462. The van der Waals surface area contributed by atoms with Crippen molar-refractivity contribution in [3.05, 3.63) is 29.8 Å². The molecule has 1 aromatic rings. The molecule has 6 heteroatoms. The van der Waals surface area contributed by atoms with E-state index in [-0.39, 0.29) is 0 Å². The molecule has 0 amide bonds. The molecule has 1 aliphatic heterocycles. The highest BCUT2D eigenvalue weighted by molar-refractivity contribution is 7.99. The topological polar surface area (TPSA) is 40.5 Å². The largest absolute Gasteiger partial charge is 0.480 e. The van der Waals surface area contributed by atoms with Crippen LogP contribution in [0.3, 0.4) is 0 Å². The monoisotopic (exact) mass is 287 g/mol. The smallest absolute Gasteiger partial charge is 0.320 e. The Balaban J connectivity index is 1.97. The lowest BCUT2D eigenvalue weighted by Crippen LogP contribution is -2.35. The van der Waals surface area contributed by atoms with Gasteiger partial charge in [0.25, 0.3) is 5.76 Å². The van der Waals surface area contributed by atoms with Crippen LogP contribution in [0.25, 0.3) is 0 Å². The van der Waals surface area contributed by atoms with Gasteiger partial charge in [0, 0.05) is 11.4 Å². The minimum Gasteiger partial charge on any atom is -0.480 e. The summed E-state index contributed by atoms with van der Waals surface area (Å²) in [5.41, 5.74) is 0.951. The van der Waals surface area contributed by atoms with Gasteiger partial charge in [-0.15, -0.1) is 0 Å². The Morgan fingerprint density at radius 2 is 2.11 bits per heavy atom. The second kappa shape index (κ2) is 6.34. The number of carboxylic acids is 1. The summed E-state index contributed by atoms with van der Waals surface area (Å²) in [7, 11) is 0. The maximum absolute atomic E-state index is 12.2. The zero-order valence-corrected chi connectivity index (χ0v) is 11.1. The lowest BCUT2D eigenvalue weighted by molar-refractivity contribution is -0.142. The van der Waals surface area contributed by atoms with E-state index >= 15 is 0 Å². The van der Waals surface area contributed by atoms with E-state index in [2.05, 4.69) is 0 Å². The number of likely N-dealkylation sites (tertiary alicyclic amines) is 1. The molecule has 0 spiro atoms. The van der Waals surface area contributed by atoms with Gasteiger partial charge >= 0.3 is 5.97 Å². The van der Waals surface area contributed by atoms with Crippen molar-refractivity contribution in [3.63, 3.8) is 0 Å². The predicted octanol–water partition coefficient (Wildman–Crippen LogP) is 3.05. The van der Waals surface area contributed by atoms with Crippen LogP contribution in [-0.2, 0) is 11.3 Å². The molecule has 1 N–H and O–H groups in total. The lowest BCUT2D eigenvalue weighted by Gasteiger charge is -2.21. The van der Waals surface area contributed by atoms with Crippen LogP contribution in [0.5, 0.6) is 0 Å². The van der Waals surface area contributed by atoms with E-state index in [0.717, 1.165) is 18.5 Å². The molecule has 0 bridgehead atoms. The molecule has 19 heavy (non-hydrogen) atoms. The first-order valence-electron chi connectivity index (χ1n) is 6.07. The van der Waals surface area contributed by atoms with Crippen molar-refractivity contribution in [1.29, 1.82) is 0 Å². The number of carbonyl (C=O) groups is 1. The third-order valence-corrected chi connectivity index (χ3v) is 3.91. The van der Waals surface area contributed by atoms with Gasteiger partial charge in [-0.2, -0.15) is 8.78 Å². The van der Waals surface area contributed by atoms with Crippen LogP contribution in [0, 0.1) is 0 Å². The quantitative estimate of drug-likeness (QED) is 0.845. The van der Waals surface area contributed by atoms with Gasteiger partial charge in [-0.25, -0.2) is 0 Å². The van der Waals surface area contributed by atoms with Gasteiger partial charge in [0.2, 0.25) is 0 Å². The average molecular weight is 287 g/mol. The molecule has 1 unspecified atom stereocenters. The van der Waals surface area contributed by atoms with Gasteiger partial charge in [0.05, 0.1) is 0 Å².